The van der Waals surface area contributed by atoms with Crippen molar-refractivity contribution in [2.45, 2.75) is 75.7 Å². The summed E-state index contributed by atoms with van der Waals surface area (Å²) >= 11 is 0. The quantitative estimate of drug-likeness (QED) is 0.598. The van der Waals surface area contributed by atoms with Gasteiger partial charge in [-0.1, -0.05) is 28.0 Å². The molecule has 0 aromatic heterocycles. The molecule has 2 rings (SSSR count). The summed E-state index contributed by atoms with van der Waals surface area (Å²) in [6.07, 6.45) is 7.39. The van der Waals surface area contributed by atoms with Gasteiger partial charge in [0, 0.05) is 30.1 Å². The zero-order valence-electron chi connectivity index (χ0n) is 12.7. The third-order valence-corrected chi connectivity index (χ3v) is 6.98. The fourth-order valence-corrected chi connectivity index (χ4v) is 5.90. The molecule has 2 aliphatic rings. The van der Waals surface area contributed by atoms with Gasteiger partial charge in [0.25, 0.3) is 0 Å². The second-order valence-electron chi connectivity index (χ2n) is 6.44. The van der Waals surface area contributed by atoms with Gasteiger partial charge in [0.1, 0.15) is 0 Å². The van der Waals surface area contributed by atoms with Crippen LogP contribution in [0.1, 0.15) is 58.8 Å². The fourth-order valence-electron chi connectivity index (χ4n) is 2.88. The van der Waals surface area contributed by atoms with E-state index in [4.69, 9.17) is 4.74 Å². The summed E-state index contributed by atoms with van der Waals surface area (Å²) in [6.45, 7) is 4.96. The summed E-state index contributed by atoms with van der Waals surface area (Å²) in [7, 11) is 4.03. The first-order chi connectivity index (χ1) is 9.55. The van der Waals surface area contributed by atoms with Crippen LogP contribution in [0.5, 0.6) is 0 Å². The Balaban J connectivity index is 1.55. The van der Waals surface area contributed by atoms with Crippen LogP contribution in [0, 0.1) is 0 Å². The molecular formula is C15H27NO2S2. The van der Waals surface area contributed by atoms with Crippen molar-refractivity contribution < 1.29 is 9.53 Å². The molecule has 2 saturated heterocycles. The normalized spacial score (nSPS) is 29.3. The molecule has 0 bridgehead atoms. The molecule has 5 heteroatoms. The van der Waals surface area contributed by atoms with Crippen LogP contribution in [0.25, 0.3) is 0 Å². The number of nitrogens with one attached hydrogen (secondary N) is 1. The molecule has 0 aliphatic carbocycles. The van der Waals surface area contributed by atoms with Crippen molar-refractivity contribution >= 4 is 27.5 Å². The standard InChI is InChI=1S/C15H27NO2S2/c1-15(2)11-12(7-9-18-15)16-14(17)6-4-3-5-13-8-10-19-20-13/h12-13H,3-11H2,1-2H3,(H,16,17)/t12-,13+/m1/s1. The second-order valence-corrected chi connectivity index (χ2v) is 9.23. The molecule has 3 nitrogen and oxygen atoms in total. The SMILES string of the molecule is CC1(C)C[C@H](NC(=O)CCCC[C@H]2CCSS2)CCO1. The van der Waals surface area contributed by atoms with Gasteiger partial charge in [0.05, 0.1) is 5.60 Å². The molecular weight excluding hydrogens is 290 g/mol. The number of carbonyl (C=O) groups is 1. The second kappa shape index (κ2) is 7.95. The zero-order valence-corrected chi connectivity index (χ0v) is 14.3. The van der Waals surface area contributed by atoms with Crippen LogP contribution in [0.3, 0.4) is 0 Å². The highest BCUT2D eigenvalue weighted by atomic mass is 33.1. The van der Waals surface area contributed by atoms with Gasteiger partial charge >= 0.3 is 0 Å². The molecule has 0 radical (unpaired) electrons. The lowest BCUT2D eigenvalue weighted by Crippen LogP contribution is -2.45. The van der Waals surface area contributed by atoms with Crippen LogP contribution in [-0.2, 0) is 9.53 Å². The van der Waals surface area contributed by atoms with Crippen molar-refractivity contribution in [2.24, 2.45) is 0 Å². The van der Waals surface area contributed by atoms with Gasteiger partial charge in [0.15, 0.2) is 0 Å². The van der Waals surface area contributed by atoms with Gasteiger partial charge in [-0.25, -0.2) is 0 Å². The average molecular weight is 318 g/mol. The van der Waals surface area contributed by atoms with E-state index in [0.717, 1.165) is 31.1 Å². The molecule has 0 unspecified atom stereocenters. The maximum absolute atomic E-state index is 12.0. The molecule has 116 valence electrons. The Morgan fingerprint density at radius 1 is 1.35 bits per heavy atom. The molecule has 2 fully saturated rings. The van der Waals surface area contributed by atoms with Gasteiger partial charge in [0.2, 0.25) is 5.91 Å². The highest BCUT2D eigenvalue weighted by molar-refractivity contribution is 8.77. The Morgan fingerprint density at radius 3 is 2.90 bits per heavy atom. The van der Waals surface area contributed by atoms with E-state index in [1.165, 1.54) is 25.0 Å². The summed E-state index contributed by atoms with van der Waals surface area (Å²) < 4.78 is 5.68. The molecule has 2 heterocycles. The molecule has 0 spiro atoms. The summed E-state index contributed by atoms with van der Waals surface area (Å²) in [5, 5.41) is 4.01. The van der Waals surface area contributed by atoms with Crippen molar-refractivity contribution in [1.29, 1.82) is 0 Å². The van der Waals surface area contributed by atoms with Crippen molar-refractivity contribution in [3.8, 4) is 0 Å². The third-order valence-electron chi connectivity index (χ3n) is 3.97. The van der Waals surface area contributed by atoms with Crippen LogP contribution in [-0.4, -0.2) is 35.2 Å². The lowest BCUT2D eigenvalue weighted by atomic mass is 9.94. The first kappa shape index (κ1) is 16.5. The summed E-state index contributed by atoms with van der Waals surface area (Å²) in [5.74, 6) is 1.52. The Morgan fingerprint density at radius 2 is 2.20 bits per heavy atom. The number of unbranched alkanes of at least 4 members (excludes halogenated alkanes) is 1. The van der Waals surface area contributed by atoms with E-state index in [-0.39, 0.29) is 11.5 Å². The molecule has 1 N–H and O–H groups in total. The van der Waals surface area contributed by atoms with Crippen molar-refractivity contribution in [3.05, 3.63) is 0 Å². The summed E-state index contributed by atoms with van der Waals surface area (Å²) in [6, 6.07) is 0.299. The molecule has 2 aliphatic heterocycles. The van der Waals surface area contributed by atoms with Crippen LogP contribution in [0.2, 0.25) is 0 Å². The minimum atomic E-state index is -0.0897. The lowest BCUT2D eigenvalue weighted by Gasteiger charge is -2.35. The van der Waals surface area contributed by atoms with E-state index in [1.807, 2.05) is 21.6 Å². The lowest BCUT2D eigenvalue weighted by molar-refractivity contribution is -0.124. The maximum Gasteiger partial charge on any atom is 0.220 e. The number of rotatable bonds is 6. The summed E-state index contributed by atoms with van der Waals surface area (Å²) in [5.41, 5.74) is -0.0897. The van der Waals surface area contributed by atoms with Crippen LogP contribution >= 0.6 is 21.6 Å². The van der Waals surface area contributed by atoms with Crippen molar-refractivity contribution in [3.63, 3.8) is 0 Å². The van der Waals surface area contributed by atoms with Gasteiger partial charge in [-0.15, -0.1) is 0 Å². The molecule has 0 aromatic rings. The molecule has 0 saturated carbocycles. The van der Waals surface area contributed by atoms with Crippen molar-refractivity contribution in [2.75, 3.05) is 12.4 Å². The smallest absolute Gasteiger partial charge is 0.220 e. The largest absolute Gasteiger partial charge is 0.375 e. The molecule has 20 heavy (non-hydrogen) atoms. The number of hydrogen-bond acceptors (Lipinski definition) is 4. The average Bonchev–Trinajstić information content (AvgIpc) is 2.86. The van der Waals surface area contributed by atoms with E-state index >= 15 is 0 Å². The Labute approximate surface area is 130 Å². The predicted molar refractivity (Wildman–Crippen MR) is 88.1 cm³/mol. The van der Waals surface area contributed by atoms with E-state index in [1.54, 1.807) is 0 Å². The van der Waals surface area contributed by atoms with Crippen LogP contribution in [0.15, 0.2) is 0 Å². The highest BCUT2D eigenvalue weighted by Gasteiger charge is 2.29. The molecule has 2 atom stereocenters. The van der Waals surface area contributed by atoms with E-state index in [0.29, 0.717) is 12.5 Å². The van der Waals surface area contributed by atoms with Crippen LogP contribution < -0.4 is 5.32 Å². The van der Waals surface area contributed by atoms with Gasteiger partial charge in [-0.3, -0.25) is 4.79 Å². The Kier molecular flexibility index (Phi) is 6.56. The Bertz CT molecular complexity index is 317. The van der Waals surface area contributed by atoms with E-state index in [9.17, 15) is 4.79 Å². The van der Waals surface area contributed by atoms with Gasteiger partial charge in [-0.2, -0.15) is 0 Å². The highest BCUT2D eigenvalue weighted by Crippen LogP contribution is 2.39. The van der Waals surface area contributed by atoms with Gasteiger partial charge < -0.3 is 10.1 Å². The number of carbonyl (C=O) groups excluding carboxylic acids is 1. The maximum atomic E-state index is 12.0. The van der Waals surface area contributed by atoms with Gasteiger partial charge in [-0.05, 0) is 46.0 Å². The predicted octanol–water partition coefficient (Wildman–Crippen LogP) is 3.77. The van der Waals surface area contributed by atoms with E-state index < -0.39 is 0 Å². The number of ether oxygens (including phenoxy) is 1. The van der Waals surface area contributed by atoms with Crippen molar-refractivity contribution in [1.82, 2.24) is 5.32 Å². The minimum Gasteiger partial charge on any atom is -0.375 e. The molecule has 1 amide bonds. The summed E-state index contributed by atoms with van der Waals surface area (Å²) in [4.78, 5) is 12.0. The minimum absolute atomic E-state index is 0.0897. The zero-order chi connectivity index (χ0) is 14.4. The molecule has 0 aromatic carbocycles. The van der Waals surface area contributed by atoms with E-state index in [2.05, 4.69) is 19.2 Å². The first-order valence-electron chi connectivity index (χ1n) is 7.77. The topological polar surface area (TPSA) is 38.3 Å². The third kappa shape index (κ3) is 5.86. The van der Waals surface area contributed by atoms with Crippen LogP contribution in [0.4, 0.5) is 0 Å². The number of amides is 1. The first-order valence-corrected chi connectivity index (χ1v) is 10.1. The number of hydrogen-bond donors (Lipinski definition) is 1. The monoisotopic (exact) mass is 317 g/mol. The Hall–Kier alpha value is 0.130. The fraction of sp³-hybridized carbons (Fsp3) is 0.933.